The number of likely N-dealkylation sites (N-methyl/N-ethyl adjacent to an activating group) is 1. The third-order valence-electron chi connectivity index (χ3n) is 4.45. The Morgan fingerprint density at radius 1 is 1.30 bits per heavy atom. The number of hydrogen-bond acceptors (Lipinski definition) is 2. The molecule has 1 aromatic rings. The quantitative estimate of drug-likeness (QED) is 0.903. The van der Waals surface area contributed by atoms with E-state index in [1.165, 1.54) is 6.07 Å². The van der Waals surface area contributed by atoms with Crippen molar-refractivity contribution < 1.29 is 13.6 Å². The minimum atomic E-state index is -0.875. The lowest BCUT2D eigenvalue weighted by molar-refractivity contribution is -0.133. The molecule has 108 valence electrons. The zero-order chi connectivity index (χ0) is 14.3. The Balaban J connectivity index is 1.96. The van der Waals surface area contributed by atoms with Crippen molar-refractivity contribution in [1.29, 1.82) is 0 Å². The van der Waals surface area contributed by atoms with Gasteiger partial charge in [0.15, 0.2) is 11.6 Å². The van der Waals surface area contributed by atoms with Gasteiger partial charge < -0.3 is 4.90 Å². The van der Waals surface area contributed by atoms with Crippen molar-refractivity contribution >= 4 is 5.91 Å². The van der Waals surface area contributed by atoms with Crippen LogP contribution in [0.2, 0.25) is 0 Å². The number of nitrogens with one attached hydrogen (secondary N) is 1. The van der Waals surface area contributed by atoms with Crippen LogP contribution >= 0.6 is 0 Å². The van der Waals surface area contributed by atoms with Crippen molar-refractivity contribution in [1.82, 2.24) is 10.2 Å². The molecule has 3 nitrogen and oxygen atoms in total. The van der Waals surface area contributed by atoms with Gasteiger partial charge in [0.2, 0.25) is 5.91 Å². The summed E-state index contributed by atoms with van der Waals surface area (Å²) in [7, 11) is 0. The predicted octanol–water partition coefficient (Wildman–Crippen LogP) is 2.73. The molecule has 0 aromatic heterocycles. The van der Waals surface area contributed by atoms with Crippen LogP contribution in [0.1, 0.15) is 44.3 Å². The van der Waals surface area contributed by atoms with Gasteiger partial charge in [0, 0.05) is 6.54 Å². The van der Waals surface area contributed by atoms with E-state index in [1.54, 1.807) is 11.0 Å². The average Bonchev–Trinajstić information content (AvgIpc) is 3.01. The highest BCUT2D eigenvalue weighted by molar-refractivity contribution is 5.89. The van der Waals surface area contributed by atoms with Crippen molar-refractivity contribution in [2.24, 2.45) is 0 Å². The van der Waals surface area contributed by atoms with Crippen LogP contribution in [0.15, 0.2) is 18.2 Å². The highest BCUT2D eigenvalue weighted by Crippen LogP contribution is 2.40. The van der Waals surface area contributed by atoms with E-state index < -0.39 is 17.2 Å². The molecule has 1 atom stereocenters. The molecule has 0 bridgehead atoms. The molecule has 2 aliphatic rings. The fourth-order valence-corrected chi connectivity index (χ4v) is 3.40. The van der Waals surface area contributed by atoms with Gasteiger partial charge in [-0.1, -0.05) is 18.9 Å². The number of hydrogen-bond donors (Lipinski definition) is 1. The Morgan fingerprint density at radius 2 is 2.00 bits per heavy atom. The Bertz CT molecular complexity index is 541. The van der Waals surface area contributed by atoms with Crippen molar-refractivity contribution in [3.05, 3.63) is 35.4 Å². The average molecular weight is 280 g/mol. The molecule has 1 aromatic carbocycles. The second kappa shape index (κ2) is 4.81. The Morgan fingerprint density at radius 3 is 2.60 bits per heavy atom. The summed E-state index contributed by atoms with van der Waals surface area (Å²) in [6.07, 6.45) is 3.34. The summed E-state index contributed by atoms with van der Waals surface area (Å²) in [6.45, 7) is 2.46. The first kappa shape index (κ1) is 13.5. The van der Waals surface area contributed by atoms with Gasteiger partial charge in [0.1, 0.15) is 6.17 Å². The fourth-order valence-electron chi connectivity index (χ4n) is 3.40. The van der Waals surface area contributed by atoms with Crippen LogP contribution in [-0.2, 0) is 4.79 Å². The van der Waals surface area contributed by atoms with E-state index in [-0.39, 0.29) is 12.1 Å². The zero-order valence-corrected chi connectivity index (χ0v) is 11.5. The molecular formula is C15H18F2N2O. The lowest BCUT2D eigenvalue weighted by Gasteiger charge is -2.22. The van der Waals surface area contributed by atoms with Crippen LogP contribution in [0.5, 0.6) is 0 Å². The van der Waals surface area contributed by atoms with E-state index in [9.17, 15) is 13.6 Å². The van der Waals surface area contributed by atoms with Crippen molar-refractivity contribution in [2.75, 3.05) is 6.54 Å². The molecule has 2 fully saturated rings. The van der Waals surface area contributed by atoms with Gasteiger partial charge >= 0.3 is 0 Å². The van der Waals surface area contributed by atoms with Crippen molar-refractivity contribution in [3.8, 4) is 0 Å². The summed E-state index contributed by atoms with van der Waals surface area (Å²) in [5.74, 6) is -1.65. The van der Waals surface area contributed by atoms with Crippen LogP contribution in [-0.4, -0.2) is 22.9 Å². The smallest absolute Gasteiger partial charge is 0.244 e. The SMILES string of the molecule is CCN1C(=O)C2(CCCC2)NC1c1ccc(F)c(F)c1. The second-order valence-corrected chi connectivity index (χ2v) is 5.60. The summed E-state index contributed by atoms with van der Waals surface area (Å²) in [5, 5.41) is 3.37. The third-order valence-corrected chi connectivity index (χ3v) is 4.45. The second-order valence-electron chi connectivity index (χ2n) is 5.60. The standard InChI is InChI=1S/C15H18F2N2O/c1-2-19-13(10-5-6-11(16)12(17)9-10)18-15(14(19)20)7-3-4-8-15/h5-6,9,13,18H,2-4,7-8H2,1H3. The molecular weight excluding hydrogens is 262 g/mol. The fraction of sp³-hybridized carbons (Fsp3) is 0.533. The lowest BCUT2D eigenvalue weighted by Crippen LogP contribution is -2.44. The monoisotopic (exact) mass is 280 g/mol. The highest BCUT2D eigenvalue weighted by atomic mass is 19.2. The molecule has 1 aliphatic heterocycles. The van der Waals surface area contributed by atoms with Crippen molar-refractivity contribution in [2.45, 2.75) is 44.3 Å². The van der Waals surface area contributed by atoms with Gasteiger partial charge in [0.25, 0.3) is 0 Å². The first-order valence-corrected chi connectivity index (χ1v) is 7.11. The third kappa shape index (κ3) is 1.92. The molecule has 1 N–H and O–H groups in total. The summed E-state index contributed by atoms with van der Waals surface area (Å²) >= 11 is 0. The molecule has 1 saturated heterocycles. The minimum Gasteiger partial charge on any atom is -0.322 e. The van der Waals surface area contributed by atoms with E-state index in [0.29, 0.717) is 12.1 Å². The highest BCUT2D eigenvalue weighted by Gasteiger charge is 2.52. The predicted molar refractivity (Wildman–Crippen MR) is 70.8 cm³/mol. The Kier molecular flexibility index (Phi) is 3.24. The van der Waals surface area contributed by atoms with Crippen LogP contribution in [0.25, 0.3) is 0 Å². The lowest BCUT2D eigenvalue weighted by atomic mass is 9.98. The molecule has 1 unspecified atom stereocenters. The summed E-state index contributed by atoms with van der Waals surface area (Å²) in [5.41, 5.74) is 0.105. The number of halogens is 2. The van der Waals surface area contributed by atoms with Gasteiger partial charge in [-0.05, 0) is 37.5 Å². The first-order chi connectivity index (χ1) is 9.57. The first-order valence-electron chi connectivity index (χ1n) is 7.11. The van der Waals surface area contributed by atoms with Gasteiger partial charge in [-0.25, -0.2) is 8.78 Å². The van der Waals surface area contributed by atoms with Gasteiger partial charge in [-0.3, -0.25) is 10.1 Å². The maximum Gasteiger partial charge on any atom is 0.244 e. The van der Waals surface area contributed by atoms with E-state index in [0.717, 1.165) is 31.7 Å². The molecule has 1 aliphatic carbocycles. The molecule has 1 amide bonds. The Hall–Kier alpha value is -1.49. The van der Waals surface area contributed by atoms with E-state index >= 15 is 0 Å². The van der Waals surface area contributed by atoms with Gasteiger partial charge in [-0.15, -0.1) is 0 Å². The van der Waals surface area contributed by atoms with Crippen LogP contribution in [0.3, 0.4) is 0 Å². The van der Waals surface area contributed by atoms with E-state index in [2.05, 4.69) is 5.32 Å². The maximum atomic E-state index is 13.4. The molecule has 1 heterocycles. The molecule has 20 heavy (non-hydrogen) atoms. The van der Waals surface area contributed by atoms with Crippen LogP contribution in [0, 0.1) is 11.6 Å². The molecule has 1 spiro atoms. The number of benzene rings is 1. The number of rotatable bonds is 2. The molecule has 1 saturated carbocycles. The molecule has 3 rings (SSSR count). The van der Waals surface area contributed by atoms with Gasteiger partial charge in [0.05, 0.1) is 5.54 Å². The molecule has 5 heteroatoms. The Labute approximate surface area is 117 Å². The summed E-state index contributed by atoms with van der Waals surface area (Å²) in [6, 6.07) is 3.83. The van der Waals surface area contributed by atoms with Crippen molar-refractivity contribution in [3.63, 3.8) is 0 Å². The number of carbonyl (C=O) groups is 1. The maximum absolute atomic E-state index is 13.4. The van der Waals surface area contributed by atoms with Crippen LogP contribution in [0.4, 0.5) is 8.78 Å². The van der Waals surface area contributed by atoms with E-state index in [4.69, 9.17) is 0 Å². The summed E-state index contributed by atoms with van der Waals surface area (Å²) < 4.78 is 26.5. The largest absolute Gasteiger partial charge is 0.322 e. The zero-order valence-electron chi connectivity index (χ0n) is 11.5. The minimum absolute atomic E-state index is 0.0900. The van der Waals surface area contributed by atoms with Crippen LogP contribution < -0.4 is 5.32 Å². The summed E-state index contributed by atoms with van der Waals surface area (Å²) in [4.78, 5) is 14.3. The number of nitrogens with zero attached hydrogens (tertiary/aromatic N) is 1. The number of amides is 1. The topological polar surface area (TPSA) is 32.3 Å². The molecule has 0 radical (unpaired) electrons. The normalized spacial score (nSPS) is 24.9. The number of carbonyl (C=O) groups excluding carboxylic acids is 1. The van der Waals surface area contributed by atoms with Gasteiger partial charge in [-0.2, -0.15) is 0 Å². The van der Waals surface area contributed by atoms with E-state index in [1.807, 2.05) is 6.92 Å².